The van der Waals surface area contributed by atoms with E-state index in [1.807, 2.05) is 0 Å². The fourth-order valence-corrected chi connectivity index (χ4v) is 5.67. The van der Waals surface area contributed by atoms with E-state index < -0.39 is 0 Å². The Bertz CT molecular complexity index is 553. The molecule has 1 aliphatic heterocycles. The molecule has 1 spiro atoms. The van der Waals surface area contributed by atoms with E-state index in [1.165, 1.54) is 18.4 Å². The first-order chi connectivity index (χ1) is 9.95. The lowest BCUT2D eigenvalue weighted by atomic mass is 9.60. The van der Waals surface area contributed by atoms with E-state index in [4.69, 9.17) is 4.74 Å². The van der Waals surface area contributed by atoms with Gasteiger partial charge in [-0.05, 0) is 54.2 Å². The Balaban J connectivity index is 1.70. The first-order valence-electron chi connectivity index (χ1n) is 8.00. The summed E-state index contributed by atoms with van der Waals surface area (Å²) in [7, 11) is 0. The molecule has 0 unspecified atom stereocenters. The van der Waals surface area contributed by atoms with Crippen molar-refractivity contribution in [1.82, 2.24) is 0 Å². The van der Waals surface area contributed by atoms with Gasteiger partial charge in [-0.2, -0.15) is 0 Å². The van der Waals surface area contributed by atoms with E-state index in [0.717, 1.165) is 17.5 Å². The second-order valence-corrected chi connectivity index (χ2v) is 8.71. The van der Waals surface area contributed by atoms with Crippen LogP contribution in [0.25, 0.3) is 0 Å². The van der Waals surface area contributed by atoms with Gasteiger partial charge in [-0.1, -0.05) is 41.9 Å². The van der Waals surface area contributed by atoms with Crippen molar-refractivity contribution in [3.8, 4) is 0 Å². The van der Waals surface area contributed by atoms with Gasteiger partial charge in [0.2, 0.25) is 0 Å². The molecule has 1 N–H and O–H groups in total. The molecular weight excluding hydrogens is 328 g/mol. The van der Waals surface area contributed by atoms with Crippen molar-refractivity contribution < 1.29 is 9.84 Å². The van der Waals surface area contributed by atoms with Gasteiger partial charge >= 0.3 is 0 Å². The number of rotatable bonds is 1. The van der Waals surface area contributed by atoms with E-state index in [0.29, 0.717) is 11.8 Å². The molecule has 1 saturated heterocycles. The molecule has 1 aromatic rings. The molecule has 0 aromatic heterocycles. The average molecular weight is 351 g/mol. The predicted octanol–water partition coefficient (Wildman–Crippen LogP) is 4.32. The lowest BCUT2D eigenvalue weighted by molar-refractivity contribution is -0.164. The molecule has 3 heteroatoms. The second-order valence-electron chi connectivity index (χ2n) is 7.79. The number of hydrogen-bond acceptors (Lipinski definition) is 2. The maximum atomic E-state index is 11.0. The summed E-state index contributed by atoms with van der Waals surface area (Å²) in [6, 6.07) is 8.51. The Morgan fingerprint density at radius 3 is 2.62 bits per heavy atom. The van der Waals surface area contributed by atoms with E-state index >= 15 is 0 Å². The van der Waals surface area contributed by atoms with Gasteiger partial charge in [-0.25, -0.2) is 0 Å². The Morgan fingerprint density at radius 2 is 1.95 bits per heavy atom. The van der Waals surface area contributed by atoms with Crippen LogP contribution in [-0.4, -0.2) is 17.8 Å². The molecule has 21 heavy (non-hydrogen) atoms. The smallest absolute Gasteiger partial charge is 0.0859 e. The van der Waals surface area contributed by atoms with Gasteiger partial charge in [-0.3, -0.25) is 0 Å². The summed E-state index contributed by atoms with van der Waals surface area (Å²) in [5.74, 6) is 1.11. The summed E-state index contributed by atoms with van der Waals surface area (Å²) in [5, 5.41) is 11.0. The number of halogens is 1. The number of benzene rings is 1. The normalized spacial score (nSPS) is 43.8. The highest BCUT2D eigenvalue weighted by molar-refractivity contribution is 9.10. The largest absolute Gasteiger partial charge is 0.392 e. The minimum Gasteiger partial charge on any atom is -0.392 e. The van der Waals surface area contributed by atoms with Crippen molar-refractivity contribution in [3.05, 3.63) is 34.3 Å². The predicted molar refractivity (Wildman–Crippen MR) is 85.9 cm³/mol. The zero-order chi connectivity index (χ0) is 14.8. The highest BCUT2D eigenvalue weighted by Crippen LogP contribution is 2.70. The van der Waals surface area contributed by atoms with Crippen LogP contribution in [0.3, 0.4) is 0 Å². The van der Waals surface area contributed by atoms with Crippen LogP contribution in [0.15, 0.2) is 28.7 Å². The highest BCUT2D eigenvalue weighted by atomic mass is 79.9. The van der Waals surface area contributed by atoms with E-state index in [-0.39, 0.29) is 23.0 Å². The Kier molecular flexibility index (Phi) is 3.09. The van der Waals surface area contributed by atoms with Gasteiger partial charge in [0.1, 0.15) is 0 Å². The minimum absolute atomic E-state index is 0.0676. The van der Waals surface area contributed by atoms with Crippen LogP contribution in [0.5, 0.6) is 0 Å². The summed E-state index contributed by atoms with van der Waals surface area (Å²) >= 11 is 3.50. The number of hydrogen-bond donors (Lipinski definition) is 1. The molecule has 2 nitrogen and oxygen atoms in total. The summed E-state index contributed by atoms with van der Waals surface area (Å²) in [5.41, 5.74) is 1.42. The maximum absolute atomic E-state index is 11.0. The molecule has 1 aromatic carbocycles. The van der Waals surface area contributed by atoms with Gasteiger partial charge in [0, 0.05) is 16.5 Å². The third-order valence-electron chi connectivity index (χ3n) is 6.63. The number of fused-ring (bicyclic) bond motifs is 1. The Morgan fingerprint density at radius 1 is 1.24 bits per heavy atom. The van der Waals surface area contributed by atoms with Gasteiger partial charge in [0.15, 0.2) is 0 Å². The monoisotopic (exact) mass is 350 g/mol. The molecule has 5 atom stereocenters. The van der Waals surface area contributed by atoms with Crippen molar-refractivity contribution in [2.45, 2.75) is 45.3 Å². The van der Waals surface area contributed by atoms with Crippen molar-refractivity contribution in [3.63, 3.8) is 0 Å². The average Bonchev–Trinajstić information content (AvgIpc) is 2.94. The number of ether oxygens (including phenoxy) is 1. The molecule has 114 valence electrons. The third-order valence-corrected chi connectivity index (χ3v) is 7.16. The minimum atomic E-state index is -0.185. The zero-order valence-corrected chi connectivity index (χ0v) is 14.3. The molecule has 1 heterocycles. The molecule has 3 aliphatic rings. The fraction of sp³-hybridized carbons (Fsp3) is 0.667. The second kappa shape index (κ2) is 4.56. The Hall–Kier alpha value is -0.380. The SMILES string of the molecule is CC1(C)[C@@H]2C[C@@H]3[C@@H](c4ccc(Br)cc4)OCC[C@@]3(C2)[C@@H]1O. The van der Waals surface area contributed by atoms with Crippen LogP contribution in [0.2, 0.25) is 0 Å². The van der Waals surface area contributed by atoms with Gasteiger partial charge in [0.25, 0.3) is 0 Å². The van der Waals surface area contributed by atoms with E-state index in [2.05, 4.69) is 54.0 Å². The highest BCUT2D eigenvalue weighted by Gasteiger charge is 2.67. The summed E-state index contributed by atoms with van der Waals surface area (Å²) in [6.07, 6.45) is 3.37. The molecule has 0 amide bonds. The molecule has 2 aliphatic carbocycles. The van der Waals surface area contributed by atoms with Crippen LogP contribution in [0, 0.1) is 22.7 Å². The molecule has 2 bridgehead atoms. The van der Waals surface area contributed by atoms with Gasteiger partial charge in [0.05, 0.1) is 12.2 Å². The van der Waals surface area contributed by atoms with Crippen LogP contribution in [0.4, 0.5) is 0 Å². The van der Waals surface area contributed by atoms with Gasteiger partial charge < -0.3 is 9.84 Å². The molecule has 2 saturated carbocycles. The lowest BCUT2D eigenvalue weighted by Gasteiger charge is -2.51. The summed E-state index contributed by atoms with van der Waals surface area (Å²) in [6.45, 7) is 5.27. The third kappa shape index (κ3) is 1.83. The first-order valence-corrected chi connectivity index (χ1v) is 8.79. The van der Waals surface area contributed by atoms with E-state index in [9.17, 15) is 5.11 Å². The quantitative estimate of drug-likeness (QED) is 0.816. The summed E-state index contributed by atoms with van der Waals surface area (Å²) in [4.78, 5) is 0. The summed E-state index contributed by atoms with van der Waals surface area (Å²) < 4.78 is 7.26. The molecular formula is C18H23BrO2. The zero-order valence-electron chi connectivity index (χ0n) is 12.7. The van der Waals surface area contributed by atoms with Crippen LogP contribution < -0.4 is 0 Å². The van der Waals surface area contributed by atoms with Gasteiger partial charge in [-0.15, -0.1) is 0 Å². The van der Waals surface area contributed by atoms with E-state index in [1.54, 1.807) is 0 Å². The van der Waals surface area contributed by atoms with Crippen molar-refractivity contribution >= 4 is 15.9 Å². The maximum Gasteiger partial charge on any atom is 0.0859 e. The van der Waals surface area contributed by atoms with Crippen LogP contribution in [-0.2, 0) is 4.74 Å². The topological polar surface area (TPSA) is 29.5 Å². The molecule has 3 fully saturated rings. The van der Waals surface area contributed by atoms with Crippen molar-refractivity contribution in [2.75, 3.05) is 6.61 Å². The van der Waals surface area contributed by atoms with Crippen LogP contribution >= 0.6 is 15.9 Å². The standard InChI is InChI=1S/C18H23BrO2/c1-17(2)12-9-14-15(11-3-5-13(19)6-4-11)21-8-7-18(14,10-12)16(17)20/h3-6,12,14-16,20H,7-10H2,1-2H3/t12-,14-,15-,16-,18+/m1/s1. The lowest BCUT2D eigenvalue weighted by Crippen LogP contribution is -2.51. The Labute approximate surface area is 135 Å². The first kappa shape index (κ1) is 14.2. The fourth-order valence-electron chi connectivity index (χ4n) is 5.40. The van der Waals surface area contributed by atoms with Crippen LogP contribution in [0.1, 0.15) is 44.8 Å². The van der Waals surface area contributed by atoms with Crippen molar-refractivity contribution in [2.24, 2.45) is 22.7 Å². The van der Waals surface area contributed by atoms with Crippen molar-refractivity contribution in [1.29, 1.82) is 0 Å². The molecule has 0 radical (unpaired) electrons. The number of aliphatic hydroxyl groups is 1. The number of aliphatic hydroxyl groups excluding tert-OH is 1. The molecule has 4 rings (SSSR count).